The number of sulfonamides is 1. The maximum Gasteiger partial charge on any atom is 0.286 e. The second-order valence-electron chi connectivity index (χ2n) is 7.19. The van der Waals surface area contributed by atoms with Crippen LogP contribution in [0.5, 0.6) is 0 Å². The van der Waals surface area contributed by atoms with E-state index in [2.05, 4.69) is 9.71 Å². The Morgan fingerprint density at radius 1 is 1.06 bits per heavy atom. The molecule has 0 radical (unpaired) electrons. The van der Waals surface area contributed by atoms with Gasteiger partial charge in [0.1, 0.15) is 4.90 Å². The van der Waals surface area contributed by atoms with E-state index in [9.17, 15) is 13.2 Å². The maximum absolute atomic E-state index is 12.7. The minimum atomic E-state index is -3.86. The first-order valence-corrected chi connectivity index (χ1v) is 12.6. The van der Waals surface area contributed by atoms with Crippen molar-refractivity contribution >= 4 is 55.8 Å². The van der Waals surface area contributed by atoms with Crippen molar-refractivity contribution in [2.75, 3.05) is 16.0 Å². The zero-order valence-electron chi connectivity index (χ0n) is 17.2. The van der Waals surface area contributed by atoms with E-state index in [-0.39, 0.29) is 21.7 Å². The Labute approximate surface area is 196 Å². The van der Waals surface area contributed by atoms with Crippen molar-refractivity contribution in [3.05, 3.63) is 88.9 Å². The highest BCUT2D eigenvalue weighted by molar-refractivity contribution is 8.15. The minimum Gasteiger partial charge on any atom is -0.325 e. The molecule has 1 aliphatic rings. The molecule has 1 aliphatic heterocycles. The topological polar surface area (TPSA) is 78.8 Å². The van der Waals surface area contributed by atoms with E-state index in [4.69, 9.17) is 11.6 Å². The van der Waals surface area contributed by atoms with Crippen LogP contribution in [0.4, 0.5) is 11.4 Å². The number of carbonyl (C=O) groups is 1. The van der Waals surface area contributed by atoms with Gasteiger partial charge in [0.15, 0.2) is 5.17 Å². The first-order chi connectivity index (χ1) is 15.3. The summed E-state index contributed by atoms with van der Waals surface area (Å²) in [7, 11) is -3.86. The van der Waals surface area contributed by atoms with Crippen LogP contribution in [0.15, 0.2) is 82.1 Å². The largest absolute Gasteiger partial charge is 0.325 e. The first kappa shape index (κ1) is 22.4. The first-order valence-electron chi connectivity index (χ1n) is 9.78. The van der Waals surface area contributed by atoms with Crippen LogP contribution in [0.25, 0.3) is 0 Å². The van der Waals surface area contributed by atoms with Gasteiger partial charge in [-0.25, -0.2) is 0 Å². The van der Waals surface area contributed by atoms with Crippen LogP contribution >= 0.6 is 23.4 Å². The lowest BCUT2D eigenvalue weighted by atomic mass is 10.2. The van der Waals surface area contributed by atoms with Gasteiger partial charge in [0.25, 0.3) is 10.0 Å². The molecule has 0 aliphatic carbocycles. The number of rotatable bonds is 5. The lowest BCUT2D eigenvalue weighted by molar-refractivity contribution is -0.113. The van der Waals surface area contributed by atoms with Gasteiger partial charge < -0.3 is 10.2 Å². The van der Waals surface area contributed by atoms with Gasteiger partial charge in [0.2, 0.25) is 5.91 Å². The van der Waals surface area contributed by atoms with Crippen molar-refractivity contribution in [2.24, 2.45) is 4.40 Å². The fraction of sp³-hybridized carbons (Fsp3) is 0.130. The number of nitrogens with zero attached hydrogens (tertiary/aromatic N) is 2. The molecule has 1 amide bonds. The van der Waals surface area contributed by atoms with Crippen molar-refractivity contribution in [1.82, 2.24) is 0 Å². The smallest absolute Gasteiger partial charge is 0.286 e. The van der Waals surface area contributed by atoms with Crippen LogP contribution in [0, 0.1) is 6.92 Å². The molecule has 0 spiro atoms. The lowest BCUT2D eigenvalue weighted by Gasteiger charge is -2.30. The molecule has 4 rings (SSSR count). The zero-order chi connectivity index (χ0) is 22.7. The highest BCUT2D eigenvalue weighted by Crippen LogP contribution is 2.35. The second-order valence-corrected chi connectivity index (χ2v) is 10.1. The second kappa shape index (κ2) is 9.36. The van der Waals surface area contributed by atoms with Gasteiger partial charge >= 0.3 is 0 Å². The number of halogens is 1. The predicted molar refractivity (Wildman–Crippen MR) is 131 cm³/mol. The van der Waals surface area contributed by atoms with Gasteiger partial charge in [-0.05, 0) is 42.3 Å². The molecule has 0 atom stereocenters. The van der Waals surface area contributed by atoms with Crippen molar-refractivity contribution in [3.8, 4) is 0 Å². The number of amidine groups is 1. The van der Waals surface area contributed by atoms with E-state index in [1.807, 2.05) is 48.2 Å². The summed E-state index contributed by atoms with van der Waals surface area (Å²) in [5, 5.41) is 3.60. The molecule has 0 aromatic heterocycles. The molecule has 0 saturated carbocycles. The van der Waals surface area contributed by atoms with Crippen molar-refractivity contribution < 1.29 is 13.2 Å². The summed E-state index contributed by atoms with van der Waals surface area (Å²) in [5.74, 6) is -0.290. The van der Waals surface area contributed by atoms with Crippen LogP contribution in [-0.2, 0) is 21.4 Å². The Morgan fingerprint density at radius 2 is 1.78 bits per heavy atom. The molecule has 1 N–H and O–H groups in total. The number of aryl methyl sites for hydroxylation is 1. The molecule has 3 aromatic carbocycles. The van der Waals surface area contributed by atoms with Gasteiger partial charge in [-0.3, -0.25) is 4.79 Å². The van der Waals surface area contributed by atoms with Crippen molar-refractivity contribution in [1.29, 1.82) is 0 Å². The number of amides is 1. The number of hydrogen-bond acceptors (Lipinski definition) is 5. The zero-order valence-corrected chi connectivity index (χ0v) is 19.5. The van der Waals surface area contributed by atoms with E-state index in [1.54, 1.807) is 36.4 Å². The molecule has 0 fully saturated rings. The fourth-order valence-electron chi connectivity index (χ4n) is 3.22. The molecule has 0 unspecified atom stereocenters. The number of hydrogen-bond donors (Lipinski definition) is 1. The van der Waals surface area contributed by atoms with Crippen LogP contribution in [-0.4, -0.2) is 25.2 Å². The highest BCUT2D eigenvalue weighted by Gasteiger charge is 2.31. The Kier molecular flexibility index (Phi) is 6.55. The van der Waals surface area contributed by atoms with Gasteiger partial charge in [0.05, 0.1) is 18.0 Å². The third-order valence-corrected chi connectivity index (χ3v) is 7.65. The van der Waals surface area contributed by atoms with Gasteiger partial charge in [-0.2, -0.15) is 8.42 Å². The highest BCUT2D eigenvalue weighted by atomic mass is 35.5. The number of para-hydroxylation sites is 1. The standard InChI is InChI=1S/C23H20ClN3O3S2/c1-16-11-12-18(13-19(16)24)25-22(28)15-31-23-26-32(29,30)21-10-6-5-9-20(21)27(23)14-17-7-3-2-4-8-17/h2-13H,14-15H2,1H3,(H,25,28). The van der Waals surface area contributed by atoms with Crippen molar-refractivity contribution in [3.63, 3.8) is 0 Å². The van der Waals surface area contributed by atoms with Gasteiger partial charge in [-0.1, -0.05) is 71.9 Å². The average Bonchev–Trinajstić information content (AvgIpc) is 2.78. The number of anilines is 2. The minimum absolute atomic E-state index is 0.00664. The lowest BCUT2D eigenvalue weighted by Crippen LogP contribution is -2.34. The third-order valence-electron chi connectivity index (χ3n) is 4.83. The summed E-state index contributed by atoms with van der Waals surface area (Å²) in [6, 6.07) is 21.7. The van der Waals surface area contributed by atoms with Crippen LogP contribution in [0.3, 0.4) is 0 Å². The normalized spacial score (nSPS) is 14.4. The molecule has 6 nitrogen and oxygen atoms in total. The van der Waals surface area contributed by atoms with E-state index in [0.29, 0.717) is 22.9 Å². The summed E-state index contributed by atoms with van der Waals surface area (Å²) in [5.41, 5.74) is 3.03. The summed E-state index contributed by atoms with van der Waals surface area (Å²) < 4.78 is 29.5. The van der Waals surface area contributed by atoms with Crippen molar-refractivity contribution in [2.45, 2.75) is 18.4 Å². The molecule has 1 heterocycles. The predicted octanol–water partition coefficient (Wildman–Crippen LogP) is 5.09. The Hall–Kier alpha value is -2.81. The average molecular weight is 486 g/mol. The van der Waals surface area contributed by atoms with Crippen LogP contribution in [0.2, 0.25) is 5.02 Å². The van der Waals surface area contributed by atoms with E-state index >= 15 is 0 Å². The van der Waals surface area contributed by atoms with E-state index < -0.39 is 10.0 Å². The van der Waals surface area contributed by atoms with E-state index in [1.165, 1.54) is 0 Å². The van der Waals surface area contributed by atoms with Crippen LogP contribution < -0.4 is 10.2 Å². The molecular formula is C23H20ClN3O3S2. The Balaban J connectivity index is 1.56. The van der Waals surface area contributed by atoms with Crippen LogP contribution in [0.1, 0.15) is 11.1 Å². The summed E-state index contributed by atoms with van der Waals surface area (Å²) in [6.07, 6.45) is 0. The third kappa shape index (κ3) is 4.98. The summed E-state index contributed by atoms with van der Waals surface area (Å²) >= 11 is 7.20. The Bertz CT molecular complexity index is 1290. The van der Waals surface area contributed by atoms with E-state index in [0.717, 1.165) is 22.9 Å². The maximum atomic E-state index is 12.7. The Morgan fingerprint density at radius 3 is 2.53 bits per heavy atom. The molecule has 164 valence electrons. The summed E-state index contributed by atoms with van der Waals surface area (Å²) in [4.78, 5) is 14.5. The fourth-order valence-corrected chi connectivity index (χ4v) is 5.66. The van der Waals surface area contributed by atoms with Gasteiger partial charge in [-0.15, -0.1) is 4.40 Å². The monoisotopic (exact) mass is 485 g/mol. The molecule has 0 saturated heterocycles. The molecule has 3 aromatic rings. The molecular weight excluding hydrogens is 466 g/mol. The molecule has 0 bridgehead atoms. The van der Waals surface area contributed by atoms with Gasteiger partial charge in [0, 0.05) is 10.7 Å². The number of fused-ring (bicyclic) bond motifs is 1. The SMILES string of the molecule is Cc1ccc(NC(=O)CSC2=NS(=O)(=O)c3ccccc3N2Cc2ccccc2)cc1Cl. The quantitative estimate of drug-likeness (QED) is 0.544. The molecule has 9 heteroatoms. The number of benzene rings is 3. The summed E-state index contributed by atoms with van der Waals surface area (Å²) in [6.45, 7) is 2.30. The number of nitrogens with one attached hydrogen (secondary N) is 1. The number of thioether (sulfide) groups is 1. The molecule has 32 heavy (non-hydrogen) atoms. The number of carbonyl (C=O) groups excluding carboxylic acids is 1.